The number of likely N-dealkylation sites (tertiary alicyclic amines) is 1. The van der Waals surface area contributed by atoms with E-state index in [1.807, 2.05) is 28.8 Å². The number of carbonyl (C=O) groups is 1. The standard InChI is InChI=1S/C18H22N4O2/c1-21-16-7-11-24-12-14(16)17(20-21)13-5-9-22(10-6-13)18(23)15-4-2-3-8-19-15/h2-4,8,13H,5-7,9-12H2,1H3. The predicted molar refractivity (Wildman–Crippen MR) is 88.7 cm³/mol. The average molecular weight is 326 g/mol. The third-order valence-corrected chi connectivity index (χ3v) is 5.09. The number of ether oxygens (including phenoxy) is 1. The molecule has 2 aromatic rings. The van der Waals surface area contributed by atoms with Gasteiger partial charge in [-0.25, -0.2) is 0 Å². The molecule has 1 fully saturated rings. The minimum atomic E-state index is 0.0282. The van der Waals surface area contributed by atoms with Gasteiger partial charge in [0.15, 0.2) is 0 Å². The normalized spacial score (nSPS) is 18.5. The summed E-state index contributed by atoms with van der Waals surface area (Å²) >= 11 is 0. The molecular formula is C18H22N4O2. The van der Waals surface area contributed by atoms with Crippen LogP contribution >= 0.6 is 0 Å². The van der Waals surface area contributed by atoms with Crippen molar-refractivity contribution >= 4 is 5.91 Å². The monoisotopic (exact) mass is 326 g/mol. The fraction of sp³-hybridized carbons (Fsp3) is 0.500. The molecule has 0 unspecified atom stereocenters. The largest absolute Gasteiger partial charge is 0.376 e. The highest BCUT2D eigenvalue weighted by molar-refractivity contribution is 5.92. The van der Waals surface area contributed by atoms with Crippen molar-refractivity contribution in [3.8, 4) is 0 Å². The maximum atomic E-state index is 12.5. The van der Waals surface area contributed by atoms with Gasteiger partial charge in [-0.2, -0.15) is 5.10 Å². The van der Waals surface area contributed by atoms with Crippen LogP contribution in [0.5, 0.6) is 0 Å². The van der Waals surface area contributed by atoms with E-state index in [2.05, 4.69) is 4.98 Å². The van der Waals surface area contributed by atoms with E-state index in [1.165, 1.54) is 17.0 Å². The third kappa shape index (κ3) is 2.71. The fourth-order valence-corrected chi connectivity index (χ4v) is 3.77. The zero-order valence-electron chi connectivity index (χ0n) is 13.9. The number of amides is 1. The number of piperidine rings is 1. The Morgan fingerprint density at radius 1 is 1.29 bits per heavy atom. The number of pyridine rings is 1. The van der Waals surface area contributed by atoms with E-state index in [1.54, 1.807) is 12.3 Å². The van der Waals surface area contributed by atoms with E-state index in [0.29, 0.717) is 18.2 Å². The molecule has 0 bridgehead atoms. The predicted octanol–water partition coefficient (Wildman–Crippen LogP) is 1.91. The minimum Gasteiger partial charge on any atom is -0.376 e. The van der Waals surface area contributed by atoms with Crippen LogP contribution in [0.2, 0.25) is 0 Å². The number of hydrogen-bond acceptors (Lipinski definition) is 4. The molecule has 24 heavy (non-hydrogen) atoms. The molecule has 2 aliphatic rings. The van der Waals surface area contributed by atoms with Crippen molar-refractivity contribution in [3.05, 3.63) is 47.0 Å². The van der Waals surface area contributed by atoms with Crippen LogP contribution in [0.1, 0.15) is 46.2 Å². The van der Waals surface area contributed by atoms with Crippen molar-refractivity contribution in [2.45, 2.75) is 31.8 Å². The lowest BCUT2D eigenvalue weighted by Gasteiger charge is -2.31. The van der Waals surface area contributed by atoms with Crippen LogP contribution in [0.4, 0.5) is 0 Å². The van der Waals surface area contributed by atoms with E-state index in [0.717, 1.165) is 39.0 Å². The zero-order valence-corrected chi connectivity index (χ0v) is 13.9. The Labute approximate surface area is 141 Å². The first kappa shape index (κ1) is 15.3. The lowest BCUT2D eigenvalue weighted by atomic mass is 9.90. The number of rotatable bonds is 2. The second-order valence-electron chi connectivity index (χ2n) is 6.52. The van der Waals surface area contributed by atoms with Crippen molar-refractivity contribution in [1.29, 1.82) is 0 Å². The van der Waals surface area contributed by atoms with Crippen LogP contribution in [0.3, 0.4) is 0 Å². The summed E-state index contributed by atoms with van der Waals surface area (Å²) in [7, 11) is 2.02. The summed E-state index contributed by atoms with van der Waals surface area (Å²) in [4.78, 5) is 18.6. The molecule has 6 heteroatoms. The Morgan fingerprint density at radius 3 is 2.88 bits per heavy atom. The van der Waals surface area contributed by atoms with E-state index in [9.17, 15) is 4.79 Å². The lowest BCUT2D eigenvalue weighted by molar-refractivity contribution is 0.0704. The van der Waals surface area contributed by atoms with Crippen molar-refractivity contribution in [3.63, 3.8) is 0 Å². The second kappa shape index (κ2) is 6.36. The molecule has 0 spiro atoms. The Hall–Kier alpha value is -2.21. The molecule has 0 radical (unpaired) electrons. The third-order valence-electron chi connectivity index (χ3n) is 5.09. The van der Waals surface area contributed by atoms with Gasteiger partial charge in [0.25, 0.3) is 5.91 Å². The summed E-state index contributed by atoms with van der Waals surface area (Å²) in [5, 5.41) is 4.76. The van der Waals surface area contributed by atoms with Gasteiger partial charge < -0.3 is 9.64 Å². The van der Waals surface area contributed by atoms with Crippen molar-refractivity contribution in [2.24, 2.45) is 7.05 Å². The van der Waals surface area contributed by atoms with Gasteiger partial charge in [-0.1, -0.05) is 6.07 Å². The highest BCUT2D eigenvalue weighted by Gasteiger charge is 2.30. The Kier molecular flexibility index (Phi) is 4.06. The smallest absolute Gasteiger partial charge is 0.272 e. The Bertz CT molecular complexity index is 733. The number of hydrogen-bond donors (Lipinski definition) is 0. The van der Waals surface area contributed by atoms with E-state index < -0.39 is 0 Å². The van der Waals surface area contributed by atoms with Crippen LogP contribution in [0.25, 0.3) is 0 Å². The quantitative estimate of drug-likeness (QED) is 0.846. The van der Waals surface area contributed by atoms with Gasteiger partial charge in [-0.3, -0.25) is 14.5 Å². The molecule has 0 saturated carbocycles. The summed E-state index contributed by atoms with van der Waals surface area (Å²) in [6.07, 6.45) is 4.50. The summed E-state index contributed by atoms with van der Waals surface area (Å²) in [5.41, 5.74) is 4.29. The number of carbonyl (C=O) groups excluding carboxylic acids is 1. The molecule has 4 heterocycles. The lowest BCUT2D eigenvalue weighted by Crippen LogP contribution is -2.38. The van der Waals surface area contributed by atoms with Gasteiger partial charge in [0.05, 0.1) is 18.9 Å². The summed E-state index contributed by atoms with van der Waals surface area (Å²) < 4.78 is 7.64. The fourth-order valence-electron chi connectivity index (χ4n) is 3.77. The number of nitrogens with zero attached hydrogens (tertiary/aromatic N) is 4. The van der Waals surface area contributed by atoms with Crippen LogP contribution in [0.15, 0.2) is 24.4 Å². The van der Waals surface area contributed by atoms with Gasteiger partial charge in [-0.15, -0.1) is 0 Å². The summed E-state index contributed by atoms with van der Waals surface area (Å²) in [5.74, 6) is 0.440. The molecule has 0 N–H and O–H groups in total. The van der Waals surface area contributed by atoms with Gasteiger partial charge in [0.2, 0.25) is 0 Å². The molecule has 2 aliphatic heterocycles. The number of fused-ring (bicyclic) bond motifs is 1. The first-order chi connectivity index (χ1) is 11.7. The van der Waals surface area contributed by atoms with Crippen molar-refractivity contribution in [1.82, 2.24) is 19.7 Å². The van der Waals surface area contributed by atoms with Gasteiger partial charge in [0.1, 0.15) is 5.69 Å². The SMILES string of the molecule is Cn1nc(C2CCN(C(=O)c3ccccn3)CC2)c2c1CCOC2. The topological polar surface area (TPSA) is 60.2 Å². The number of aryl methyl sites for hydroxylation is 1. The van der Waals surface area contributed by atoms with E-state index in [4.69, 9.17) is 9.84 Å². The molecule has 1 saturated heterocycles. The maximum absolute atomic E-state index is 12.5. The van der Waals surface area contributed by atoms with Gasteiger partial charge in [0, 0.05) is 49.9 Å². The summed E-state index contributed by atoms with van der Waals surface area (Å²) in [6, 6.07) is 5.46. The number of aromatic nitrogens is 3. The van der Waals surface area contributed by atoms with Crippen LogP contribution in [-0.4, -0.2) is 45.3 Å². The van der Waals surface area contributed by atoms with Gasteiger partial charge in [-0.05, 0) is 25.0 Å². The van der Waals surface area contributed by atoms with Crippen molar-refractivity contribution in [2.75, 3.05) is 19.7 Å². The molecular weight excluding hydrogens is 304 g/mol. The van der Waals surface area contributed by atoms with Crippen LogP contribution in [-0.2, 0) is 24.8 Å². The highest BCUT2D eigenvalue weighted by atomic mass is 16.5. The van der Waals surface area contributed by atoms with Crippen molar-refractivity contribution < 1.29 is 9.53 Å². The Balaban J connectivity index is 1.46. The Morgan fingerprint density at radius 2 is 2.12 bits per heavy atom. The first-order valence-corrected chi connectivity index (χ1v) is 8.56. The second-order valence-corrected chi connectivity index (χ2v) is 6.52. The average Bonchev–Trinajstić information content (AvgIpc) is 2.99. The maximum Gasteiger partial charge on any atom is 0.272 e. The zero-order chi connectivity index (χ0) is 16.5. The van der Waals surface area contributed by atoms with E-state index >= 15 is 0 Å². The molecule has 4 rings (SSSR count). The molecule has 1 amide bonds. The van der Waals surface area contributed by atoms with Crippen LogP contribution in [0, 0.1) is 0 Å². The van der Waals surface area contributed by atoms with Crippen LogP contribution < -0.4 is 0 Å². The minimum absolute atomic E-state index is 0.0282. The molecule has 0 aromatic carbocycles. The molecule has 126 valence electrons. The van der Waals surface area contributed by atoms with E-state index in [-0.39, 0.29) is 5.91 Å². The summed E-state index contributed by atoms with van der Waals surface area (Å²) in [6.45, 7) is 2.97. The molecule has 0 aliphatic carbocycles. The first-order valence-electron chi connectivity index (χ1n) is 8.56. The van der Waals surface area contributed by atoms with Gasteiger partial charge >= 0.3 is 0 Å². The highest BCUT2D eigenvalue weighted by Crippen LogP contribution is 2.33. The molecule has 0 atom stereocenters. The molecule has 6 nitrogen and oxygen atoms in total. The molecule has 2 aromatic heterocycles.